The molecule has 23 heavy (non-hydrogen) atoms. The number of ether oxygens (including phenoxy) is 1. The number of halogens is 2. The van der Waals surface area contributed by atoms with E-state index in [2.05, 4.69) is 6.58 Å². The Labute approximate surface area is 146 Å². The SMILES string of the molecule is C=C(CC)C(=O)c1ccc(OC(CCCC)C(N)=O)c(Cl)c1Cl. The van der Waals surface area contributed by atoms with Crippen LogP contribution in [0.5, 0.6) is 5.75 Å². The average molecular weight is 358 g/mol. The van der Waals surface area contributed by atoms with Crippen molar-refractivity contribution < 1.29 is 14.3 Å². The topological polar surface area (TPSA) is 69.4 Å². The summed E-state index contributed by atoms with van der Waals surface area (Å²) in [5.41, 5.74) is 6.05. The van der Waals surface area contributed by atoms with Gasteiger partial charge in [0.2, 0.25) is 0 Å². The van der Waals surface area contributed by atoms with E-state index in [1.165, 1.54) is 12.1 Å². The van der Waals surface area contributed by atoms with Gasteiger partial charge in [-0.25, -0.2) is 0 Å². The van der Waals surface area contributed by atoms with Crippen molar-refractivity contribution in [3.05, 3.63) is 39.9 Å². The number of hydrogen-bond acceptors (Lipinski definition) is 3. The molecule has 0 aliphatic carbocycles. The minimum Gasteiger partial charge on any atom is -0.479 e. The molecule has 1 aromatic carbocycles. The monoisotopic (exact) mass is 357 g/mol. The lowest BCUT2D eigenvalue weighted by Crippen LogP contribution is -2.33. The zero-order valence-corrected chi connectivity index (χ0v) is 14.8. The van der Waals surface area contributed by atoms with Gasteiger partial charge in [0, 0.05) is 5.56 Å². The Morgan fingerprint density at radius 2 is 1.91 bits per heavy atom. The third kappa shape index (κ3) is 4.98. The molecule has 4 nitrogen and oxygen atoms in total. The van der Waals surface area contributed by atoms with Crippen molar-refractivity contribution in [3.63, 3.8) is 0 Å². The maximum atomic E-state index is 12.2. The summed E-state index contributed by atoms with van der Waals surface area (Å²) in [7, 11) is 0. The molecular formula is C17H21Cl2NO3. The molecule has 1 unspecified atom stereocenters. The smallest absolute Gasteiger partial charge is 0.258 e. The van der Waals surface area contributed by atoms with Gasteiger partial charge in [-0.2, -0.15) is 0 Å². The second-order valence-electron chi connectivity index (χ2n) is 5.18. The van der Waals surface area contributed by atoms with E-state index in [9.17, 15) is 9.59 Å². The van der Waals surface area contributed by atoms with Crippen LogP contribution in [0.1, 0.15) is 49.9 Å². The van der Waals surface area contributed by atoms with Gasteiger partial charge < -0.3 is 10.5 Å². The highest BCUT2D eigenvalue weighted by molar-refractivity contribution is 6.45. The Morgan fingerprint density at radius 3 is 2.43 bits per heavy atom. The third-order valence-electron chi connectivity index (χ3n) is 3.45. The minimum absolute atomic E-state index is 0.0856. The maximum absolute atomic E-state index is 12.2. The van der Waals surface area contributed by atoms with Gasteiger partial charge in [0.25, 0.3) is 5.91 Å². The molecule has 2 N–H and O–H groups in total. The lowest BCUT2D eigenvalue weighted by molar-refractivity contribution is -0.125. The summed E-state index contributed by atoms with van der Waals surface area (Å²) in [6.07, 6.45) is 1.94. The normalized spacial score (nSPS) is 11.8. The van der Waals surface area contributed by atoms with Gasteiger partial charge in [-0.3, -0.25) is 9.59 Å². The maximum Gasteiger partial charge on any atom is 0.258 e. The van der Waals surface area contributed by atoms with E-state index >= 15 is 0 Å². The first-order chi connectivity index (χ1) is 10.8. The Bertz CT molecular complexity index is 614. The molecule has 6 heteroatoms. The highest BCUT2D eigenvalue weighted by Crippen LogP contribution is 2.36. The molecule has 0 heterocycles. The molecule has 0 saturated heterocycles. The van der Waals surface area contributed by atoms with Crippen molar-refractivity contribution in [2.45, 2.75) is 45.6 Å². The summed E-state index contributed by atoms with van der Waals surface area (Å²) >= 11 is 12.4. The first-order valence-electron chi connectivity index (χ1n) is 7.49. The molecule has 1 aromatic rings. The van der Waals surface area contributed by atoms with Crippen LogP contribution in [-0.2, 0) is 4.79 Å². The molecule has 0 aliphatic heterocycles. The van der Waals surface area contributed by atoms with Crippen molar-refractivity contribution in [3.8, 4) is 5.75 Å². The third-order valence-corrected chi connectivity index (χ3v) is 4.31. The highest BCUT2D eigenvalue weighted by atomic mass is 35.5. The first kappa shape index (κ1) is 19.5. The largest absolute Gasteiger partial charge is 0.479 e. The summed E-state index contributed by atoms with van der Waals surface area (Å²) in [6, 6.07) is 3.04. The standard InChI is InChI=1S/C17H21Cl2NO3/c1-4-6-7-13(17(20)22)23-12-9-8-11(14(18)15(12)19)16(21)10(3)5-2/h8-9,13H,3-7H2,1-2H3,(H2,20,22). The fourth-order valence-corrected chi connectivity index (χ4v) is 2.40. The van der Waals surface area contributed by atoms with Crippen LogP contribution in [-0.4, -0.2) is 17.8 Å². The Hall–Kier alpha value is -1.52. The van der Waals surface area contributed by atoms with E-state index in [0.717, 1.165) is 12.8 Å². The predicted octanol–water partition coefficient (Wildman–Crippen LogP) is 4.57. The molecule has 0 aliphatic rings. The quantitative estimate of drug-likeness (QED) is 0.519. The van der Waals surface area contributed by atoms with Crippen molar-refractivity contribution >= 4 is 34.9 Å². The van der Waals surface area contributed by atoms with Gasteiger partial charge in [-0.1, -0.05) is 50.0 Å². The lowest BCUT2D eigenvalue weighted by Gasteiger charge is -2.18. The van der Waals surface area contributed by atoms with Crippen LogP contribution in [0.25, 0.3) is 0 Å². The van der Waals surface area contributed by atoms with Crippen LogP contribution in [0.2, 0.25) is 10.0 Å². The summed E-state index contributed by atoms with van der Waals surface area (Å²) in [5.74, 6) is -0.594. The predicted molar refractivity (Wildman–Crippen MR) is 93.4 cm³/mol. The lowest BCUT2D eigenvalue weighted by atomic mass is 10.0. The van der Waals surface area contributed by atoms with Crippen LogP contribution in [0, 0.1) is 0 Å². The van der Waals surface area contributed by atoms with Gasteiger partial charge in [-0.05, 0) is 37.0 Å². The number of amides is 1. The molecule has 0 radical (unpaired) electrons. The van der Waals surface area contributed by atoms with E-state index in [-0.39, 0.29) is 27.1 Å². The van der Waals surface area contributed by atoms with E-state index in [1.54, 1.807) is 0 Å². The van der Waals surface area contributed by atoms with Gasteiger partial charge in [0.1, 0.15) is 10.8 Å². The minimum atomic E-state index is -0.782. The van der Waals surface area contributed by atoms with Crippen molar-refractivity contribution in [2.75, 3.05) is 0 Å². The van der Waals surface area contributed by atoms with Crippen LogP contribution in [0.4, 0.5) is 0 Å². The first-order valence-corrected chi connectivity index (χ1v) is 8.25. The second kappa shape index (κ2) is 8.94. The second-order valence-corrected chi connectivity index (χ2v) is 5.93. The number of benzene rings is 1. The molecule has 0 saturated carbocycles. The summed E-state index contributed by atoms with van der Waals surface area (Å²) in [4.78, 5) is 23.6. The zero-order chi connectivity index (χ0) is 17.6. The van der Waals surface area contributed by atoms with Crippen LogP contribution >= 0.6 is 23.2 Å². The average Bonchev–Trinajstić information content (AvgIpc) is 2.53. The molecule has 0 spiro atoms. The van der Waals surface area contributed by atoms with Crippen molar-refractivity contribution in [1.82, 2.24) is 0 Å². The molecule has 1 atom stereocenters. The van der Waals surface area contributed by atoms with Crippen LogP contribution < -0.4 is 10.5 Å². The Balaban J connectivity index is 3.07. The number of allylic oxidation sites excluding steroid dienone is 1. The molecule has 1 rings (SSSR count). The van der Waals surface area contributed by atoms with Gasteiger partial charge in [0.15, 0.2) is 11.9 Å². The van der Waals surface area contributed by atoms with E-state index in [0.29, 0.717) is 18.4 Å². The van der Waals surface area contributed by atoms with Crippen molar-refractivity contribution in [2.24, 2.45) is 5.73 Å². The fourth-order valence-electron chi connectivity index (χ4n) is 1.95. The number of primary amides is 1. The van der Waals surface area contributed by atoms with Crippen LogP contribution in [0.15, 0.2) is 24.3 Å². The summed E-state index contributed by atoms with van der Waals surface area (Å²) in [5, 5.41) is 0.173. The summed E-state index contributed by atoms with van der Waals surface area (Å²) < 4.78 is 5.59. The number of Topliss-reactive ketones (excluding diaryl/α,β-unsaturated/α-hetero) is 1. The van der Waals surface area contributed by atoms with E-state index in [1.807, 2.05) is 13.8 Å². The van der Waals surface area contributed by atoms with Gasteiger partial charge >= 0.3 is 0 Å². The molecule has 126 valence electrons. The number of rotatable bonds is 9. The number of ketones is 1. The Morgan fingerprint density at radius 1 is 1.26 bits per heavy atom. The van der Waals surface area contributed by atoms with Gasteiger partial charge in [-0.15, -0.1) is 0 Å². The Kier molecular flexibility index (Phi) is 7.59. The molecule has 0 aromatic heterocycles. The molecule has 1 amide bonds. The molecule has 0 fully saturated rings. The number of carbonyl (C=O) groups is 2. The number of nitrogens with two attached hydrogens (primary N) is 1. The van der Waals surface area contributed by atoms with E-state index < -0.39 is 12.0 Å². The van der Waals surface area contributed by atoms with Crippen LogP contribution in [0.3, 0.4) is 0 Å². The fraction of sp³-hybridized carbons (Fsp3) is 0.412. The summed E-state index contributed by atoms with van der Waals surface area (Å²) in [6.45, 7) is 7.54. The van der Waals surface area contributed by atoms with E-state index in [4.69, 9.17) is 33.7 Å². The number of carbonyl (C=O) groups excluding carboxylic acids is 2. The van der Waals surface area contributed by atoms with Gasteiger partial charge in [0.05, 0.1) is 5.02 Å². The number of hydrogen-bond donors (Lipinski definition) is 1. The van der Waals surface area contributed by atoms with Crippen molar-refractivity contribution in [1.29, 1.82) is 0 Å². The highest BCUT2D eigenvalue weighted by Gasteiger charge is 2.22. The molecule has 0 bridgehead atoms. The number of unbranched alkanes of at least 4 members (excludes halogenated alkanes) is 1. The zero-order valence-electron chi connectivity index (χ0n) is 13.3. The molecular weight excluding hydrogens is 337 g/mol.